The van der Waals surface area contributed by atoms with Crippen molar-refractivity contribution in [1.82, 2.24) is 5.32 Å². The second-order valence-electron chi connectivity index (χ2n) is 4.78. The van der Waals surface area contributed by atoms with Crippen LogP contribution in [0.4, 0.5) is 5.69 Å². The Balaban J connectivity index is 2.28. The molecule has 0 saturated carbocycles. The summed E-state index contributed by atoms with van der Waals surface area (Å²) in [6.45, 7) is 2.62. The van der Waals surface area contributed by atoms with E-state index in [0.29, 0.717) is 10.2 Å². The number of carboxylic acid groups (broad SMARTS) is 1. The van der Waals surface area contributed by atoms with Gasteiger partial charge >= 0.3 is 5.97 Å². The Morgan fingerprint density at radius 3 is 2.79 bits per heavy atom. The smallest absolute Gasteiger partial charge is 0.337 e. The highest BCUT2D eigenvalue weighted by atomic mass is 79.9. The minimum Gasteiger partial charge on any atom is -0.478 e. The third kappa shape index (κ3) is 2.79. The molecule has 6 heteroatoms. The van der Waals surface area contributed by atoms with Crippen LogP contribution in [0.15, 0.2) is 22.7 Å². The van der Waals surface area contributed by atoms with E-state index in [-0.39, 0.29) is 11.5 Å². The van der Waals surface area contributed by atoms with E-state index in [4.69, 9.17) is 5.11 Å². The van der Waals surface area contributed by atoms with Crippen LogP contribution in [0.1, 0.15) is 30.1 Å². The van der Waals surface area contributed by atoms with Crippen LogP contribution in [0.2, 0.25) is 0 Å². The molecular formula is C13H15BrN2O3. The molecule has 1 atom stereocenters. The van der Waals surface area contributed by atoms with Crippen LogP contribution in [0.25, 0.3) is 0 Å². The lowest BCUT2D eigenvalue weighted by atomic mass is 9.99. The maximum atomic E-state index is 12.3. The van der Waals surface area contributed by atoms with Gasteiger partial charge in [-0.25, -0.2) is 4.79 Å². The molecule has 1 aromatic carbocycles. The van der Waals surface area contributed by atoms with Gasteiger partial charge in [0.1, 0.15) is 0 Å². The third-order valence-corrected chi connectivity index (χ3v) is 4.01. The SMILES string of the molecule is CC1(C(=O)Nc2c(Br)cccc2C(=O)O)CCCN1. The van der Waals surface area contributed by atoms with E-state index in [1.165, 1.54) is 6.07 Å². The van der Waals surface area contributed by atoms with Gasteiger partial charge in [0.25, 0.3) is 0 Å². The van der Waals surface area contributed by atoms with Crippen LogP contribution in [0.5, 0.6) is 0 Å². The lowest BCUT2D eigenvalue weighted by Gasteiger charge is -2.24. The van der Waals surface area contributed by atoms with Gasteiger partial charge in [0.05, 0.1) is 16.8 Å². The normalized spacial score (nSPS) is 22.2. The summed E-state index contributed by atoms with van der Waals surface area (Å²) in [5.41, 5.74) is -0.260. The third-order valence-electron chi connectivity index (χ3n) is 3.35. The summed E-state index contributed by atoms with van der Waals surface area (Å²) in [7, 11) is 0. The van der Waals surface area contributed by atoms with Gasteiger partial charge in [0.2, 0.25) is 5.91 Å². The van der Waals surface area contributed by atoms with Gasteiger partial charge < -0.3 is 15.7 Å². The van der Waals surface area contributed by atoms with Gasteiger partial charge in [-0.1, -0.05) is 6.07 Å². The van der Waals surface area contributed by atoms with Crippen molar-refractivity contribution in [2.45, 2.75) is 25.3 Å². The number of nitrogens with one attached hydrogen (secondary N) is 2. The molecule has 0 aliphatic carbocycles. The van der Waals surface area contributed by atoms with Crippen LogP contribution in [-0.4, -0.2) is 29.1 Å². The van der Waals surface area contributed by atoms with Crippen molar-refractivity contribution in [2.75, 3.05) is 11.9 Å². The number of amides is 1. The Labute approximate surface area is 119 Å². The van der Waals surface area contributed by atoms with Crippen molar-refractivity contribution in [2.24, 2.45) is 0 Å². The first-order valence-electron chi connectivity index (χ1n) is 6.02. The standard InChI is InChI=1S/C13H15BrN2O3/c1-13(6-3-7-15-13)12(19)16-10-8(11(17)18)4-2-5-9(10)14/h2,4-5,15H,3,6-7H2,1H3,(H,16,19)(H,17,18). The highest BCUT2D eigenvalue weighted by Gasteiger charge is 2.36. The number of hydrogen-bond acceptors (Lipinski definition) is 3. The quantitative estimate of drug-likeness (QED) is 0.795. The lowest BCUT2D eigenvalue weighted by Crippen LogP contribution is -2.48. The maximum absolute atomic E-state index is 12.3. The number of rotatable bonds is 3. The van der Waals surface area contributed by atoms with Gasteiger partial charge in [0, 0.05) is 4.47 Å². The van der Waals surface area contributed by atoms with Crippen LogP contribution in [-0.2, 0) is 4.79 Å². The van der Waals surface area contributed by atoms with Gasteiger partial charge in [-0.05, 0) is 54.4 Å². The Bertz CT molecular complexity index is 525. The molecule has 1 heterocycles. The fourth-order valence-corrected chi connectivity index (χ4v) is 2.63. The molecule has 0 bridgehead atoms. The molecule has 102 valence electrons. The molecule has 3 N–H and O–H groups in total. The van der Waals surface area contributed by atoms with Crippen molar-refractivity contribution < 1.29 is 14.7 Å². The Kier molecular flexibility index (Phi) is 3.91. The molecule has 1 aromatic rings. The van der Waals surface area contributed by atoms with Crippen LogP contribution >= 0.6 is 15.9 Å². The van der Waals surface area contributed by atoms with Crippen LogP contribution in [0.3, 0.4) is 0 Å². The summed E-state index contributed by atoms with van der Waals surface area (Å²) in [6.07, 6.45) is 1.68. The molecular weight excluding hydrogens is 312 g/mol. The zero-order chi connectivity index (χ0) is 14.0. The summed E-state index contributed by atoms with van der Waals surface area (Å²) in [6, 6.07) is 4.79. The van der Waals surface area contributed by atoms with E-state index >= 15 is 0 Å². The molecule has 1 fully saturated rings. The van der Waals surface area contributed by atoms with Gasteiger partial charge in [0.15, 0.2) is 0 Å². The van der Waals surface area contributed by atoms with Crippen LogP contribution in [0, 0.1) is 0 Å². The highest BCUT2D eigenvalue weighted by Crippen LogP contribution is 2.28. The topological polar surface area (TPSA) is 78.4 Å². The van der Waals surface area contributed by atoms with Gasteiger partial charge in [-0.15, -0.1) is 0 Å². The Hall–Kier alpha value is -1.40. The Morgan fingerprint density at radius 2 is 2.21 bits per heavy atom. The number of hydrogen-bond donors (Lipinski definition) is 3. The predicted octanol–water partition coefficient (Wildman–Crippen LogP) is 2.23. The van der Waals surface area contributed by atoms with Crippen molar-refractivity contribution in [3.63, 3.8) is 0 Å². The predicted molar refractivity (Wildman–Crippen MR) is 75.4 cm³/mol. The number of carbonyl (C=O) groups is 2. The average Bonchev–Trinajstić information content (AvgIpc) is 2.79. The van der Waals surface area contributed by atoms with Crippen molar-refractivity contribution >= 4 is 33.5 Å². The average molecular weight is 327 g/mol. The zero-order valence-corrected chi connectivity index (χ0v) is 12.1. The van der Waals surface area contributed by atoms with E-state index in [1.807, 2.05) is 6.92 Å². The number of carboxylic acids is 1. The second kappa shape index (κ2) is 5.30. The fraction of sp³-hybridized carbons (Fsp3) is 0.385. The highest BCUT2D eigenvalue weighted by molar-refractivity contribution is 9.10. The molecule has 0 radical (unpaired) electrons. The molecule has 2 rings (SSSR count). The molecule has 5 nitrogen and oxygen atoms in total. The molecule has 0 aromatic heterocycles. The Morgan fingerprint density at radius 1 is 1.47 bits per heavy atom. The molecule has 1 amide bonds. The first kappa shape index (κ1) is 14.0. The zero-order valence-electron chi connectivity index (χ0n) is 10.5. The second-order valence-corrected chi connectivity index (χ2v) is 5.64. The van der Waals surface area contributed by atoms with E-state index in [9.17, 15) is 9.59 Å². The largest absolute Gasteiger partial charge is 0.478 e. The molecule has 1 unspecified atom stereocenters. The van der Waals surface area contributed by atoms with Crippen LogP contribution < -0.4 is 10.6 Å². The van der Waals surface area contributed by atoms with E-state index in [2.05, 4.69) is 26.6 Å². The molecule has 1 aliphatic rings. The fourth-order valence-electron chi connectivity index (χ4n) is 2.17. The van der Waals surface area contributed by atoms with Crippen molar-refractivity contribution in [1.29, 1.82) is 0 Å². The van der Waals surface area contributed by atoms with Gasteiger partial charge in [-0.3, -0.25) is 4.79 Å². The number of carbonyl (C=O) groups excluding carboxylic acids is 1. The molecule has 19 heavy (non-hydrogen) atoms. The first-order chi connectivity index (χ1) is 8.94. The number of para-hydroxylation sites is 1. The monoisotopic (exact) mass is 326 g/mol. The molecule has 0 spiro atoms. The number of aromatic carboxylic acids is 1. The summed E-state index contributed by atoms with van der Waals surface area (Å²) in [5, 5.41) is 15.0. The number of anilines is 1. The van der Waals surface area contributed by atoms with E-state index in [1.54, 1.807) is 12.1 Å². The summed E-state index contributed by atoms with van der Waals surface area (Å²) in [5.74, 6) is -1.28. The number of halogens is 1. The molecule has 1 aliphatic heterocycles. The summed E-state index contributed by atoms with van der Waals surface area (Å²) < 4.78 is 0.558. The first-order valence-corrected chi connectivity index (χ1v) is 6.81. The van der Waals surface area contributed by atoms with Gasteiger partial charge in [-0.2, -0.15) is 0 Å². The minimum atomic E-state index is -1.07. The lowest BCUT2D eigenvalue weighted by molar-refractivity contribution is -0.121. The summed E-state index contributed by atoms with van der Waals surface area (Å²) in [4.78, 5) is 23.4. The number of benzene rings is 1. The maximum Gasteiger partial charge on any atom is 0.337 e. The van der Waals surface area contributed by atoms with E-state index < -0.39 is 11.5 Å². The van der Waals surface area contributed by atoms with Crippen molar-refractivity contribution in [3.05, 3.63) is 28.2 Å². The van der Waals surface area contributed by atoms with Crippen molar-refractivity contribution in [3.8, 4) is 0 Å². The van der Waals surface area contributed by atoms with E-state index in [0.717, 1.165) is 19.4 Å². The summed E-state index contributed by atoms with van der Waals surface area (Å²) >= 11 is 3.27. The minimum absolute atomic E-state index is 0.0734. The molecule has 1 saturated heterocycles.